The van der Waals surface area contributed by atoms with Gasteiger partial charge in [-0.05, 0) is 25.5 Å². The van der Waals surface area contributed by atoms with Crippen LogP contribution in [0.15, 0.2) is 23.2 Å². The summed E-state index contributed by atoms with van der Waals surface area (Å²) in [6, 6.07) is 4.23. The molecule has 6 nitrogen and oxygen atoms in total. The van der Waals surface area contributed by atoms with E-state index in [1.807, 2.05) is 0 Å². The molecule has 0 bridgehead atoms. The van der Waals surface area contributed by atoms with Crippen LogP contribution in [-0.2, 0) is 16.6 Å². The van der Waals surface area contributed by atoms with Gasteiger partial charge < -0.3 is 5.11 Å². The number of nitrogens with zero attached hydrogens (tertiary/aromatic N) is 1. The molecule has 2 rings (SSSR count). The maximum Gasteiger partial charge on any atom is 0.281 e. The van der Waals surface area contributed by atoms with Crippen molar-refractivity contribution in [2.24, 2.45) is 0 Å². The average molecular weight is 299 g/mol. The first-order valence-corrected chi connectivity index (χ1v) is 7.27. The van der Waals surface area contributed by atoms with Crippen molar-refractivity contribution in [3.63, 3.8) is 0 Å². The summed E-state index contributed by atoms with van der Waals surface area (Å²) >= 11 is 0. The van der Waals surface area contributed by atoms with Gasteiger partial charge in [-0.1, -0.05) is 12.1 Å². The summed E-state index contributed by atoms with van der Waals surface area (Å²) < 4.78 is 40.3. The lowest BCUT2D eigenvalue weighted by Gasteiger charge is -2.10. The highest BCUT2D eigenvalue weighted by Crippen LogP contribution is 2.24. The molecule has 20 heavy (non-hydrogen) atoms. The zero-order valence-electron chi connectivity index (χ0n) is 10.9. The zero-order chi connectivity index (χ0) is 14.9. The number of hydrogen-bond donors (Lipinski definition) is 3. The number of aliphatic hydroxyl groups excluding tert-OH is 1. The number of benzene rings is 1. The third-order valence-corrected chi connectivity index (χ3v) is 4.23. The topological polar surface area (TPSA) is 95.1 Å². The molecule has 0 saturated carbocycles. The molecule has 108 valence electrons. The Balaban J connectivity index is 2.46. The SMILES string of the molecule is Cc1cccc(F)c1NS(=O)(=O)c1n[nH]c(C)c1CO. The summed E-state index contributed by atoms with van der Waals surface area (Å²) in [6.45, 7) is 2.70. The number of halogens is 1. The maximum absolute atomic E-state index is 13.7. The number of aliphatic hydroxyl groups is 1. The molecule has 0 aliphatic carbocycles. The van der Waals surface area contributed by atoms with Crippen LogP contribution < -0.4 is 4.72 Å². The Morgan fingerprint density at radius 3 is 2.70 bits per heavy atom. The normalized spacial score (nSPS) is 11.6. The Morgan fingerprint density at radius 1 is 1.40 bits per heavy atom. The molecular formula is C12H14FN3O3S. The number of aryl methyl sites for hydroxylation is 2. The van der Waals surface area contributed by atoms with E-state index in [2.05, 4.69) is 14.9 Å². The van der Waals surface area contributed by atoms with Crippen LogP contribution in [0.5, 0.6) is 0 Å². The zero-order valence-corrected chi connectivity index (χ0v) is 11.8. The fraction of sp³-hybridized carbons (Fsp3) is 0.250. The minimum Gasteiger partial charge on any atom is -0.392 e. The number of rotatable bonds is 4. The fourth-order valence-electron chi connectivity index (χ4n) is 1.78. The van der Waals surface area contributed by atoms with E-state index in [4.69, 9.17) is 0 Å². The van der Waals surface area contributed by atoms with Gasteiger partial charge in [-0.15, -0.1) is 0 Å². The molecule has 0 radical (unpaired) electrons. The van der Waals surface area contributed by atoms with E-state index in [9.17, 15) is 17.9 Å². The smallest absolute Gasteiger partial charge is 0.281 e. The van der Waals surface area contributed by atoms with Crippen molar-refractivity contribution in [1.29, 1.82) is 0 Å². The summed E-state index contributed by atoms with van der Waals surface area (Å²) in [4.78, 5) is 0. The number of para-hydroxylation sites is 1. The molecule has 8 heteroatoms. The molecule has 0 aliphatic heterocycles. The predicted octanol–water partition coefficient (Wildman–Crippen LogP) is 1.46. The van der Waals surface area contributed by atoms with E-state index < -0.39 is 22.4 Å². The lowest BCUT2D eigenvalue weighted by molar-refractivity contribution is 0.277. The standard InChI is InChI=1S/C12H14FN3O3S/c1-7-4-3-5-10(13)11(7)16-20(18,19)12-9(6-17)8(2)14-15-12/h3-5,16-17H,6H2,1-2H3,(H,14,15). The van der Waals surface area contributed by atoms with E-state index in [1.54, 1.807) is 19.9 Å². The summed E-state index contributed by atoms with van der Waals surface area (Å²) in [5.74, 6) is -0.675. The van der Waals surface area contributed by atoms with Gasteiger partial charge >= 0.3 is 0 Å². The van der Waals surface area contributed by atoms with Crippen LogP contribution in [0.1, 0.15) is 16.8 Å². The maximum atomic E-state index is 13.7. The molecular weight excluding hydrogens is 285 g/mol. The Hall–Kier alpha value is -1.93. The third-order valence-electron chi connectivity index (χ3n) is 2.91. The van der Waals surface area contributed by atoms with Crippen molar-refractivity contribution in [3.8, 4) is 0 Å². The van der Waals surface area contributed by atoms with Gasteiger partial charge in [0, 0.05) is 11.3 Å². The van der Waals surface area contributed by atoms with Crippen LogP contribution in [-0.4, -0.2) is 23.7 Å². The first-order chi connectivity index (χ1) is 9.36. The van der Waals surface area contributed by atoms with Gasteiger partial charge in [0.25, 0.3) is 10.0 Å². The number of nitrogens with one attached hydrogen (secondary N) is 2. The second-order valence-electron chi connectivity index (χ2n) is 4.33. The second kappa shape index (κ2) is 5.22. The average Bonchev–Trinajstić information content (AvgIpc) is 2.76. The number of anilines is 1. The molecule has 0 aliphatic rings. The minimum atomic E-state index is -4.07. The molecule has 2 aromatic rings. The van der Waals surface area contributed by atoms with E-state index in [-0.39, 0.29) is 16.3 Å². The first-order valence-electron chi connectivity index (χ1n) is 5.79. The van der Waals surface area contributed by atoms with Crippen molar-refractivity contribution in [2.45, 2.75) is 25.5 Å². The van der Waals surface area contributed by atoms with Crippen molar-refractivity contribution in [3.05, 3.63) is 40.8 Å². The highest BCUT2D eigenvalue weighted by molar-refractivity contribution is 7.92. The van der Waals surface area contributed by atoms with E-state index >= 15 is 0 Å². The van der Waals surface area contributed by atoms with Gasteiger partial charge in [-0.3, -0.25) is 9.82 Å². The fourth-order valence-corrected chi connectivity index (χ4v) is 3.11. The molecule has 0 saturated heterocycles. The van der Waals surface area contributed by atoms with Crippen LogP contribution in [0, 0.1) is 19.7 Å². The Bertz CT molecular complexity index is 720. The quantitative estimate of drug-likeness (QED) is 0.796. The Labute approximate surface area is 115 Å². The van der Waals surface area contributed by atoms with Crippen LogP contribution in [0.2, 0.25) is 0 Å². The van der Waals surface area contributed by atoms with Gasteiger partial charge in [0.05, 0.1) is 12.3 Å². The number of sulfonamides is 1. The van der Waals surface area contributed by atoms with Gasteiger partial charge in [0.15, 0.2) is 0 Å². The number of aromatic nitrogens is 2. The van der Waals surface area contributed by atoms with Crippen LogP contribution in [0.3, 0.4) is 0 Å². The van der Waals surface area contributed by atoms with Gasteiger partial charge in [0.2, 0.25) is 5.03 Å². The number of H-pyrrole nitrogens is 1. The predicted molar refractivity (Wildman–Crippen MR) is 71.2 cm³/mol. The Morgan fingerprint density at radius 2 is 2.10 bits per heavy atom. The molecule has 3 N–H and O–H groups in total. The van der Waals surface area contributed by atoms with Gasteiger partial charge in [0.1, 0.15) is 5.82 Å². The number of hydrogen-bond acceptors (Lipinski definition) is 4. The second-order valence-corrected chi connectivity index (χ2v) is 5.93. The lowest BCUT2D eigenvalue weighted by Crippen LogP contribution is -2.17. The van der Waals surface area contributed by atoms with Crippen molar-refractivity contribution in [2.75, 3.05) is 4.72 Å². The molecule has 0 amide bonds. The summed E-state index contributed by atoms with van der Waals surface area (Å²) in [5, 5.41) is 15.0. The van der Waals surface area contributed by atoms with Crippen LogP contribution >= 0.6 is 0 Å². The highest BCUT2D eigenvalue weighted by Gasteiger charge is 2.25. The monoisotopic (exact) mass is 299 g/mol. The molecule has 1 heterocycles. The molecule has 0 spiro atoms. The van der Waals surface area contributed by atoms with Crippen molar-refractivity contribution >= 4 is 15.7 Å². The number of aromatic amines is 1. The molecule has 0 unspecified atom stereocenters. The molecule has 0 fully saturated rings. The van der Waals surface area contributed by atoms with E-state index in [0.29, 0.717) is 11.3 Å². The molecule has 0 atom stereocenters. The lowest BCUT2D eigenvalue weighted by atomic mass is 10.2. The van der Waals surface area contributed by atoms with E-state index in [1.165, 1.54) is 6.07 Å². The van der Waals surface area contributed by atoms with Crippen LogP contribution in [0.4, 0.5) is 10.1 Å². The molecule has 1 aromatic carbocycles. The van der Waals surface area contributed by atoms with E-state index in [0.717, 1.165) is 6.07 Å². The summed E-state index contributed by atoms with van der Waals surface area (Å²) in [7, 11) is -4.07. The van der Waals surface area contributed by atoms with Crippen molar-refractivity contribution < 1.29 is 17.9 Å². The highest BCUT2D eigenvalue weighted by atomic mass is 32.2. The largest absolute Gasteiger partial charge is 0.392 e. The van der Waals surface area contributed by atoms with Gasteiger partial charge in [-0.2, -0.15) is 13.5 Å². The molecule has 1 aromatic heterocycles. The summed E-state index contributed by atoms with van der Waals surface area (Å²) in [6.07, 6.45) is 0. The third kappa shape index (κ3) is 2.52. The first kappa shape index (κ1) is 14.5. The Kier molecular flexibility index (Phi) is 3.78. The minimum absolute atomic E-state index is 0.128. The van der Waals surface area contributed by atoms with Crippen molar-refractivity contribution in [1.82, 2.24) is 10.2 Å². The van der Waals surface area contributed by atoms with Gasteiger partial charge in [-0.25, -0.2) is 4.39 Å². The van der Waals surface area contributed by atoms with Crippen LogP contribution in [0.25, 0.3) is 0 Å². The summed E-state index contributed by atoms with van der Waals surface area (Å²) in [5.41, 5.74) is 0.924.